The molecule has 396 valence electrons. The highest BCUT2D eigenvalue weighted by Gasteiger charge is 2.44. The number of hydrazone groups is 1. The molecule has 3 N–H and O–H groups in total. The first-order chi connectivity index (χ1) is 32.6. The molecule has 0 aromatic heterocycles. The van der Waals surface area contributed by atoms with Gasteiger partial charge in [-0.1, -0.05) is 99.1 Å². The van der Waals surface area contributed by atoms with E-state index in [4.69, 9.17) is 9.47 Å². The van der Waals surface area contributed by atoms with Crippen LogP contribution in [0.1, 0.15) is 126 Å². The van der Waals surface area contributed by atoms with Crippen LogP contribution in [0.25, 0.3) is 0 Å². The average Bonchev–Trinajstić information content (AvgIpc) is 3.90. The van der Waals surface area contributed by atoms with Gasteiger partial charge in [0, 0.05) is 47.2 Å². The summed E-state index contributed by atoms with van der Waals surface area (Å²) in [5.41, 5.74) is 3.82. The molecule has 2 saturated heterocycles. The summed E-state index contributed by atoms with van der Waals surface area (Å²) in [6.45, 7) is 16.2. The summed E-state index contributed by atoms with van der Waals surface area (Å²) in [6, 6.07) is 6.52. The molecular formula is C52H88N8O9S. The van der Waals surface area contributed by atoms with Crippen LogP contribution in [-0.2, 0) is 43.0 Å². The molecule has 1 aromatic rings. The zero-order valence-electron chi connectivity index (χ0n) is 43.9. The number of carbonyl (C=O) groups is 7. The van der Waals surface area contributed by atoms with E-state index >= 15 is 0 Å². The third-order valence-corrected chi connectivity index (χ3v) is 14.8. The lowest BCUT2D eigenvalue weighted by molar-refractivity contribution is -0.148. The molecule has 3 rings (SSSR count). The Labute approximate surface area is 423 Å². The normalized spacial score (nSPS) is 19.8. The number of carbonyl (C=O) groups excluding carboxylic acids is 7. The maximum Gasteiger partial charge on any atom is 0.245 e. The molecule has 0 bridgehead atoms. The maximum absolute atomic E-state index is 14.4. The highest BCUT2D eigenvalue weighted by Crippen LogP contribution is 2.30. The van der Waals surface area contributed by atoms with Crippen molar-refractivity contribution in [3.63, 3.8) is 0 Å². The zero-order valence-corrected chi connectivity index (χ0v) is 44.7. The van der Waals surface area contributed by atoms with Gasteiger partial charge in [-0.2, -0.15) is 16.9 Å². The Morgan fingerprint density at radius 1 is 0.886 bits per heavy atom. The Kier molecular flexibility index (Phi) is 26.3. The molecule has 0 radical (unpaired) electrons. The molecule has 18 heteroatoms. The van der Waals surface area contributed by atoms with E-state index in [1.807, 2.05) is 97.1 Å². The van der Waals surface area contributed by atoms with Crippen LogP contribution < -0.4 is 16.1 Å². The highest BCUT2D eigenvalue weighted by molar-refractivity contribution is 8.00. The standard InChI is InChI=1S/C51H84N8O9S.CH4/c1-15-33(6)46(57(11)51(66)43(31(2)3)53-49(64)45(32(4)5)56(9)10)38(67-12)29-41(61)58-28-22-25-37(58)47(68-13)34(7)48(63)52-35(8)44(36-23-18-16-19-24-36)55-54-40(60)26-20-17-21-27-59-42(62)30-39(69-14)50(59)65;/h16,18-19,23-24,31-35,37-39,43,45-47H,15,17,20-22,25-30H2,1-14H3,(H,52,63)(H,53,64)(H,54,60);1H4/b55-44-;/t33-,34+,35+,37-,38+,39?,43-,45-,46-,47+;/m0./s1. The fraction of sp³-hybridized carbons (Fsp3) is 0.731. The van der Waals surface area contributed by atoms with Crippen LogP contribution >= 0.6 is 11.8 Å². The van der Waals surface area contributed by atoms with E-state index in [0.717, 1.165) is 0 Å². The summed E-state index contributed by atoms with van der Waals surface area (Å²) in [5.74, 6) is -2.47. The van der Waals surface area contributed by atoms with Gasteiger partial charge in [0.1, 0.15) is 6.04 Å². The van der Waals surface area contributed by atoms with Crippen molar-refractivity contribution in [1.29, 1.82) is 0 Å². The number of nitrogens with one attached hydrogen (secondary N) is 3. The molecule has 10 atom stereocenters. The van der Waals surface area contributed by atoms with Crippen LogP contribution in [-0.4, -0.2) is 169 Å². The number of thioether (sulfide) groups is 1. The number of hydrogen-bond donors (Lipinski definition) is 3. The number of nitrogens with zero attached hydrogens (tertiary/aromatic N) is 5. The number of ether oxygens (including phenoxy) is 2. The van der Waals surface area contributed by atoms with Crippen molar-refractivity contribution in [2.45, 2.75) is 168 Å². The van der Waals surface area contributed by atoms with Crippen molar-refractivity contribution in [2.75, 3.05) is 54.7 Å². The van der Waals surface area contributed by atoms with Crippen molar-refractivity contribution < 1.29 is 43.0 Å². The third kappa shape index (κ3) is 16.6. The lowest BCUT2D eigenvalue weighted by Gasteiger charge is -2.41. The number of rotatable bonds is 28. The molecule has 2 fully saturated rings. The van der Waals surface area contributed by atoms with Crippen molar-refractivity contribution in [3.8, 4) is 0 Å². The van der Waals surface area contributed by atoms with Crippen LogP contribution in [0, 0.1) is 23.7 Å². The highest BCUT2D eigenvalue weighted by atomic mass is 32.2. The van der Waals surface area contributed by atoms with Gasteiger partial charge in [-0.3, -0.25) is 43.4 Å². The van der Waals surface area contributed by atoms with Gasteiger partial charge in [-0.05, 0) is 76.3 Å². The van der Waals surface area contributed by atoms with E-state index in [2.05, 4.69) is 21.2 Å². The molecule has 0 saturated carbocycles. The van der Waals surface area contributed by atoms with Gasteiger partial charge in [-0.15, -0.1) is 0 Å². The Hall–Kier alpha value is -4.39. The fourth-order valence-electron chi connectivity index (χ4n) is 9.83. The summed E-state index contributed by atoms with van der Waals surface area (Å²) in [4.78, 5) is 101. The van der Waals surface area contributed by atoms with Crippen LogP contribution in [0.15, 0.2) is 35.4 Å². The number of benzene rings is 1. The quantitative estimate of drug-likeness (QED) is 0.0424. The number of unbranched alkanes of at least 4 members (excludes halogenated alkanes) is 2. The van der Waals surface area contributed by atoms with Gasteiger partial charge >= 0.3 is 0 Å². The first-order valence-electron chi connectivity index (χ1n) is 24.8. The second-order valence-electron chi connectivity index (χ2n) is 19.7. The molecule has 7 amide bonds. The first kappa shape index (κ1) is 61.7. The topological polar surface area (TPSA) is 199 Å². The first-order valence-corrected chi connectivity index (χ1v) is 26.1. The van der Waals surface area contributed by atoms with Crippen LogP contribution in [0.2, 0.25) is 0 Å². The van der Waals surface area contributed by atoms with E-state index in [-0.39, 0.29) is 91.0 Å². The minimum Gasteiger partial charge on any atom is -0.379 e. The predicted molar refractivity (Wildman–Crippen MR) is 278 cm³/mol. The van der Waals surface area contributed by atoms with E-state index in [0.29, 0.717) is 62.9 Å². The molecule has 1 aromatic carbocycles. The van der Waals surface area contributed by atoms with Crippen molar-refractivity contribution in [2.24, 2.45) is 28.8 Å². The van der Waals surface area contributed by atoms with Gasteiger partial charge in [0.2, 0.25) is 41.4 Å². The van der Waals surface area contributed by atoms with Gasteiger partial charge in [0.25, 0.3) is 0 Å². The smallest absolute Gasteiger partial charge is 0.245 e. The third-order valence-electron chi connectivity index (χ3n) is 13.9. The fourth-order valence-corrected chi connectivity index (χ4v) is 10.5. The van der Waals surface area contributed by atoms with Crippen LogP contribution in [0.5, 0.6) is 0 Å². The molecule has 17 nitrogen and oxygen atoms in total. The van der Waals surface area contributed by atoms with Gasteiger partial charge in [0.15, 0.2) is 0 Å². The van der Waals surface area contributed by atoms with E-state index in [1.165, 1.54) is 16.7 Å². The summed E-state index contributed by atoms with van der Waals surface area (Å²) in [7, 11) is 8.52. The minimum absolute atomic E-state index is 0. The molecule has 2 aliphatic heterocycles. The second kappa shape index (κ2) is 29.8. The van der Waals surface area contributed by atoms with Gasteiger partial charge in [-0.25, -0.2) is 5.43 Å². The Morgan fingerprint density at radius 3 is 2.09 bits per heavy atom. The minimum atomic E-state index is -0.790. The Bertz CT molecular complexity index is 1890. The summed E-state index contributed by atoms with van der Waals surface area (Å²) >= 11 is 1.39. The summed E-state index contributed by atoms with van der Waals surface area (Å²) in [5, 5.41) is 10.3. The SMILES string of the molecule is C.CC[C@H](C)[C@@H]([C@@H](CC(=O)N1CCC[C@H]1[C@H](OC)[C@@H](C)C(=O)N[C@H](C)/C(=N/NC(=O)CCCCCN1C(=O)CC(SC)C1=O)c1ccccc1)OC)N(C)C(=O)[C@@H](NC(=O)[C@H](C(C)C)N(C)C)C(C)C. The van der Waals surface area contributed by atoms with Crippen molar-refractivity contribution in [3.05, 3.63) is 35.9 Å². The van der Waals surface area contributed by atoms with Crippen molar-refractivity contribution >= 4 is 58.8 Å². The number of methoxy groups -OCH3 is 2. The number of likely N-dealkylation sites (N-methyl/N-ethyl adjacent to an activating group) is 2. The molecule has 2 heterocycles. The number of likely N-dealkylation sites (tertiary alicyclic amines) is 2. The summed E-state index contributed by atoms with van der Waals surface area (Å²) < 4.78 is 12.1. The number of hydrogen-bond acceptors (Lipinski definition) is 12. The molecule has 1 unspecified atom stereocenters. The monoisotopic (exact) mass is 1000 g/mol. The molecular weight excluding hydrogens is 913 g/mol. The van der Waals surface area contributed by atoms with E-state index < -0.39 is 48.3 Å². The number of imide groups is 1. The maximum atomic E-state index is 14.4. The van der Waals surface area contributed by atoms with E-state index in [1.54, 1.807) is 44.9 Å². The Morgan fingerprint density at radius 2 is 1.54 bits per heavy atom. The Balaban J connectivity index is 0.0000168. The zero-order chi connectivity index (χ0) is 51.7. The van der Waals surface area contributed by atoms with E-state index in [9.17, 15) is 33.6 Å². The largest absolute Gasteiger partial charge is 0.379 e. The average molecular weight is 1000 g/mol. The molecule has 0 aliphatic carbocycles. The molecule has 2 aliphatic rings. The lowest BCUT2D eigenvalue weighted by Crippen LogP contribution is -2.59. The predicted octanol–water partition coefficient (Wildman–Crippen LogP) is 5.35. The van der Waals surface area contributed by atoms with Crippen molar-refractivity contribution in [1.82, 2.24) is 35.7 Å². The number of amides is 7. The van der Waals surface area contributed by atoms with Crippen LogP contribution in [0.4, 0.5) is 0 Å². The second-order valence-corrected chi connectivity index (χ2v) is 20.8. The molecule has 70 heavy (non-hydrogen) atoms. The summed E-state index contributed by atoms with van der Waals surface area (Å²) in [6.07, 6.45) is 4.77. The lowest BCUT2D eigenvalue weighted by atomic mass is 9.89. The van der Waals surface area contributed by atoms with Crippen LogP contribution in [0.3, 0.4) is 0 Å². The molecule has 0 spiro atoms. The van der Waals surface area contributed by atoms with Gasteiger partial charge in [0.05, 0.1) is 59.7 Å². The van der Waals surface area contributed by atoms with Gasteiger partial charge < -0.3 is 29.9 Å².